The van der Waals surface area contributed by atoms with Gasteiger partial charge in [0.15, 0.2) is 0 Å². The van der Waals surface area contributed by atoms with Gasteiger partial charge in [0.1, 0.15) is 5.75 Å². The van der Waals surface area contributed by atoms with Crippen LogP contribution >= 0.6 is 38.5 Å². The summed E-state index contributed by atoms with van der Waals surface area (Å²) in [6.07, 6.45) is 1.61. The summed E-state index contributed by atoms with van der Waals surface area (Å²) in [4.78, 5) is 12.6. The quantitative estimate of drug-likeness (QED) is 0.151. The predicted molar refractivity (Wildman–Crippen MR) is 144 cm³/mol. The number of carbonyl (C=O) groups is 1. The molecule has 4 aromatic rings. The average molecular weight is 614 g/mol. The van der Waals surface area contributed by atoms with Gasteiger partial charge in [0, 0.05) is 16.9 Å². The number of halogens is 2. The number of aryl methyl sites for hydroxylation is 1. The van der Waals surface area contributed by atoms with Crippen LogP contribution in [0.15, 0.2) is 88.4 Å². The first kappa shape index (κ1) is 23.3. The van der Waals surface area contributed by atoms with Gasteiger partial charge in [-0.05, 0) is 105 Å². The second-order valence-corrected chi connectivity index (χ2v) is 9.34. The lowest BCUT2D eigenvalue weighted by molar-refractivity contribution is 0.0955. The van der Waals surface area contributed by atoms with E-state index in [4.69, 9.17) is 4.74 Å². The predicted octanol–water partition coefficient (Wildman–Crippen LogP) is 6.59. The van der Waals surface area contributed by atoms with Gasteiger partial charge in [0.05, 0.1) is 27.1 Å². The van der Waals surface area contributed by atoms with Crippen LogP contribution in [0.2, 0.25) is 0 Å². The minimum atomic E-state index is -0.271. The van der Waals surface area contributed by atoms with Crippen LogP contribution in [-0.4, -0.2) is 23.8 Å². The molecule has 33 heavy (non-hydrogen) atoms. The van der Waals surface area contributed by atoms with Crippen LogP contribution in [0.3, 0.4) is 0 Å². The maximum Gasteiger partial charge on any atom is 0.271 e. The third-order valence-corrected chi connectivity index (χ3v) is 6.53. The maximum absolute atomic E-state index is 12.6. The SMILES string of the molecule is COc1c(Br)cc(/C=N/NC(=O)c2ccc(-n3c(C)ccc3-c3ccccc3)cc2)cc1I. The zero-order valence-corrected chi connectivity index (χ0v) is 21.8. The molecule has 166 valence electrons. The third-order valence-electron chi connectivity index (χ3n) is 5.14. The molecule has 7 heteroatoms. The van der Waals surface area contributed by atoms with Crippen molar-refractivity contribution in [3.8, 4) is 22.7 Å². The molecule has 1 aromatic heterocycles. The number of ether oxygens (including phenoxy) is 1. The lowest BCUT2D eigenvalue weighted by Gasteiger charge is -2.12. The molecule has 0 bridgehead atoms. The van der Waals surface area contributed by atoms with Gasteiger partial charge in [0.2, 0.25) is 0 Å². The fourth-order valence-electron chi connectivity index (χ4n) is 3.56. The van der Waals surface area contributed by atoms with Crippen molar-refractivity contribution in [2.24, 2.45) is 5.10 Å². The second-order valence-electron chi connectivity index (χ2n) is 7.33. The number of benzene rings is 3. The number of hydrogen-bond acceptors (Lipinski definition) is 3. The van der Waals surface area contributed by atoms with Gasteiger partial charge < -0.3 is 9.30 Å². The summed E-state index contributed by atoms with van der Waals surface area (Å²) in [6.45, 7) is 2.07. The first-order chi connectivity index (χ1) is 16.0. The molecule has 0 atom stereocenters. The highest BCUT2D eigenvalue weighted by Gasteiger charge is 2.11. The molecule has 1 N–H and O–H groups in total. The van der Waals surface area contributed by atoms with E-state index in [9.17, 15) is 4.79 Å². The molecular weight excluding hydrogens is 593 g/mol. The summed E-state index contributed by atoms with van der Waals surface area (Å²) in [5.41, 5.74) is 8.34. The summed E-state index contributed by atoms with van der Waals surface area (Å²) in [5, 5.41) is 4.10. The van der Waals surface area contributed by atoms with Crippen molar-refractivity contribution in [2.75, 3.05) is 7.11 Å². The normalized spacial score (nSPS) is 11.0. The zero-order valence-electron chi connectivity index (χ0n) is 18.0. The van der Waals surface area contributed by atoms with Gasteiger partial charge in [-0.15, -0.1) is 0 Å². The number of carbonyl (C=O) groups excluding carboxylic acids is 1. The summed E-state index contributed by atoms with van der Waals surface area (Å²) in [5.74, 6) is 0.498. The minimum absolute atomic E-state index is 0.271. The van der Waals surface area contributed by atoms with Crippen LogP contribution in [0, 0.1) is 10.5 Å². The number of hydrazone groups is 1. The van der Waals surface area contributed by atoms with Gasteiger partial charge in [-0.3, -0.25) is 4.79 Å². The highest BCUT2D eigenvalue weighted by Crippen LogP contribution is 2.31. The van der Waals surface area contributed by atoms with Crippen molar-refractivity contribution in [3.05, 3.63) is 104 Å². The van der Waals surface area contributed by atoms with Crippen LogP contribution in [0.4, 0.5) is 0 Å². The van der Waals surface area contributed by atoms with Crippen molar-refractivity contribution < 1.29 is 9.53 Å². The van der Waals surface area contributed by atoms with E-state index in [1.54, 1.807) is 25.5 Å². The Morgan fingerprint density at radius 3 is 2.45 bits per heavy atom. The van der Waals surface area contributed by atoms with Crippen LogP contribution in [0.5, 0.6) is 5.75 Å². The smallest absolute Gasteiger partial charge is 0.271 e. The topological polar surface area (TPSA) is 55.6 Å². The number of nitrogens with one attached hydrogen (secondary N) is 1. The Labute approximate surface area is 214 Å². The monoisotopic (exact) mass is 613 g/mol. The Balaban J connectivity index is 1.49. The van der Waals surface area contributed by atoms with E-state index < -0.39 is 0 Å². The van der Waals surface area contributed by atoms with Crippen LogP contribution in [0.25, 0.3) is 16.9 Å². The Morgan fingerprint density at radius 2 is 1.79 bits per heavy atom. The molecule has 0 saturated carbocycles. The molecule has 0 radical (unpaired) electrons. The van der Waals surface area contributed by atoms with E-state index >= 15 is 0 Å². The van der Waals surface area contributed by atoms with Gasteiger partial charge >= 0.3 is 0 Å². The van der Waals surface area contributed by atoms with Crippen LogP contribution in [0.1, 0.15) is 21.6 Å². The number of rotatable bonds is 6. The van der Waals surface area contributed by atoms with Crippen molar-refractivity contribution in [1.82, 2.24) is 9.99 Å². The molecule has 0 aliphatic carbocycles. The molecule has 0 aliphatic rings. The molecular formula is C26H21BrIN3O2. The van der Waals surface area contributed by atoms with E-state index in [-0.39, 0.29) is 5.91 Å². The number of methoxy groups -OCH3 is 1. The minimum Gasteiger partial charge on any atom is -0.494 e. The molecule has 5 nitrogen and oxygen atoms in total. The number of aromatic nitrogens is 1. The molecule has 3 aromatic carbocycles. The summed E-state index contributed by atoms with van der Waals surface area (Å²) >= 11 is 5.68. The fourth-order valence-corrected chi connectivity index (χ4v) is 5.44. The number of nitrogens with zero attached hydrogens (tertiary/aromatic N) is 2. The summed E-state index contributed by atoms with van der Waals surface area (Å²) in [6, 6.07) is 25.8. The molecule has 0 aliphatic heterocycles. The van der Waals surface area contributed by atoms with Crippen molar-refractivity contribution >= 4 is 50.6 Å². The largest absolute Gasteiger partial charge is 0.494 e. The van der Waals surface area contributed by atoms with E-state index in [1.807, 2.05) is 42.5 Å². The molecule has 0 spiro atoms. The summed E-state index contributed by atoms with van der Waals surface area (Å²) in [7, 11) is 1.63. The molecule has 0 fully saturated rings. The first-order valence-electron chi connectivity index (χ1n) is 10.2. The van der Waals surface area contributed by atoms with E-state index in [2.05, 4.69) is 84.8 Å². The van der Waals surface area contributed by atoms with Crippen molar-refractivity contribution in [1.29, 1.82) is 0 Å². The van der Waals surface area contributed by atoms with Crippen LogP contribution < -0.4 is 10.2 Å². The molecule has 0 unspecified atom stereocenters. The Hall–Kier alpha value is -2.91. The first-order valence-corrected chi connectivity index (χ1v) is 12.1. The van der Waals surface area contributed by atoms with E-state index in [1.165, 1.54) is 0 Å². The number of hydrogen-bond donors (Lipinski definition) is 1. The molecule has 1 heterocycles. The maximum atomic E-state index is 12.6. The fraction of sp³-hybridized carbons (Fsp3) is 0.0769. The highest BCUT2D eigenvalue weighted by atomic mass is 127. The highest BCUT2D eigenvalue weighted by molar-refractivity contribution is 14.1. The average Bonchev–Trinajstić information content (AvgIpc) is 3.21. The number of amides is 1. The van der Waals surface area contributed by atoms with Crippen molar-refractivity contribution in [3.63, 3.8) is 0 Å². The van der Waals surface area contributed by atoms with Gasteiger partial charge in [-0.2, -0.15) is 5.10 Å². The van der Waals surface area contributed by atoms with E-state index in [0.29, 0.717) is 5.56 Å². The van der Waals surface area contributed by atoms with E-state index in [0.717, 1.165) is 42.0 Å². The van der Waals surface area contributed by atoms with Gasteiger partial charge in [-0.25, -0.2) is 5.43 Å². The van der Waals surface area contributed by atoms with Gasteiger partial charge in [0.25, 0.3) is 5.91 Å². The Kier molecular flexibility index (Phi) is 7.29. The molecule has 4 rings (SSSR count). The lowest BCUT2D eigenvalue weighted by Crippen LogP contribution is -2.17. The second kappa shape index (κ2) is 10.4. The zero-order chi connectivity index (χ0) is 23.4. The Morgan fingerprint density at radius 1 is 1.06 bits per heavy atom. The van der Waals surface area contributed by atoms with Crippen LogP contribution in [-0.2, 0) is 0 Å². The van der Waals surface area contributed by atoms with Gasteiger partial charge in [-0.1, -0.05) is 30.3 Å². The molecule has 0 saturated heterocycles. The standard InChI is InChI=1S/C26H21BrIN3O2/c1-17-8-13-24(19-6-4-3-5-7-19)31(17)21-11-9-20(10-12-21)26(32)30-29-16-18-14-22(27)25(33-2)23(28)15-18/h3-16H,1-2H3,(H,30,32)/b29-16+. The summed E-state index contributed by atoms with van der Waals surface area (Å²) < 4.78 is 9.29. The lowest BCUT2D eigenvalue weighted by atomic mass is 10.1. The van der Waals surface area contributed by atoms with Crippen molar-refractivity contribution in [2.45, 2.75) is 6.92 Å². The Bertz CT molecular complexity index is 1290. The third kappa shape index (κ3) is 5.20. The molecule has 1 amide bonds.